The van der Waals surface area contributed by atoms with E-state index in [0.29, 0.717) is 21.9 Å². The van der Waals surface area contributed by atoms with Gasteiger partial charge in [0.1, 0.15) is 12.4 Å². The second-order valence-electron chi connectivity index (χ2n) is 5.86. The van der Waals surface area contributed by atoms with Crippen molar-refractivity contribution in [1.82, 2.24) is 0 Å². The summed E-state index contributed by atoms with van der Waals surface area (Å²) in [5.74, 6) is -0.144. The lowest BCUT2D eigenvalue weighted by molar-refractivity contribution is -0.157. The largest absolute Gasteiger partial charge is 0.476 e. The van der Waals surface area contributed by atoms with Gasteiger partial charge in [-0.2, -0.15) is 0 Å². The molecular weight excluding hydrogens is 340 g/mol. The molecule has 0 N–H and O–H groups in total. The lowest BCUT2D eigenvalue weighted by Gasteiger charge is -2.24. The van der Waals surface area contributed by atoms with Gasteiger partial charge >= 0.3 is 5.97 Å². The Kier molecular flexibility index (Phi) is 5.99. The third-order valence-corrected chi connectivity index (χ3v) is 3.67. The van der Waals surface area contributed by atoms with E-state index in [2.05, 4.69) is 6.58 Å². The quantitative estimate of drug-likeness (QED) is 0.416. The molecule has 0 bridgehead atoms. The number of ether oxygens (including phenoxy) is 2. The monoisotopic (exact) mass is 358 g/mol. The zero-order valence-corrected chi connectivity index (χ0v) is 14.9. The van der Waals surface area contributed by atoms with Crippen molar-refractivity contribution in [2.45, 2.75) is 19.4 Å². The second kappa shape index (κ2) is 7.99. The highest BCUT2D eigenvalue weighted by Gasteiger charge is 2.31. The van der Waals surface area contributed by atoms with Gasteiger partial charge in [0.15, 0.2) is 11.4 Å². The molecule has 0 unspecified atom stereocenters. The van der Waals surface area contributed by atoms with E-state index in [1.54, 1.807) is 62.4 Å². The number of hydrogen-bond acceptors (Lipinski definition) is 4. The van der Waals surface area contributed by atoms with E-state index in [1.165, 1.54) is 6.08 Å². The molecule has 0 saturated carbocycles. The van der Waals surface area contributed by atoms with E-state index in [1.807, 2.05) is 0 Å². The molecule has 5 heteroatoms. The summed E-state index contributed by atoms with van der Waals surface area (Å²) in [4.78, 5) is 24.4. The van der Waals surface area contributed by atoms with Crippen molar-refractivity contribution >= 4 is 23.4 Å². The van der Waals surface area contributed by atoms with Crippen molar-refractivity contribution in [3.05, 3.63) is 77.3 Å². The Labute approximate surface area is 152 Å². The Bertz CT molecular complexity index is 761. The van der Waals surface area contributed by atoms with Crippen molar-refractivity contribution in [3.63, 3.8) is 0 Å². The SMILES string of the molecule is C=CCOC(=O)C(C)(C)Oc1ccc(C(=O)c2ccc(Cl)cc2)cc1. The topological polar surface area (TPSA) is 52.6 Å². The number of rotatable bonds is 7. The van der Waals surface area contributed by atoms with Crippen LogP contribution in [0.3, 0.4) is 0 Å². The zero-order valence-electron chi connectivity index (χ0n) is 14.1. The van der Waals surface area contributed by atoms with Crippen LogP contribution in [0.4, 0.5) is 0 Å². The molecule has 0 fully saturated rings. The molecule has 0 spiro atoms. The summed E-state index contributed by atoms with van der Waals surface area (Å²) >= 11 is 5.83. The summed E-state index contributed by atoms with van der Waals surface area (Å²) in [6.45, 7) is 6.86. The Hall–Kier alpha value is -2.59. The van der Waals surface area contributed by atoms with E-state index >= 15 is 0 Å². The number of benzene rings is 2. The standard InChI is InChI=1S/C20H19ClO4/c1-4-13-24-19(23)20(2,3)25-17-11-7-15(8-12-17)18(22)14-5-9-16(21)10-6-14/h4-12H,1,13H2,2-3H3. The fourth-order valence-electron chi connectivity index (χ4n) is 2.09. The van der Waals surface area contributed by atoms with E-state index in [4.69, 9.17) is 21.1 Å². The number of ketones is 1. The summed E-state index contributed by atoms with van der Waals surface area (Å²) in [7, 11) is 0. The van der Waals surface area contributed by atoms with Gasteiger partial charge in [0, 0.05) is 16.1 Å². The molecule has 2 aromatic carbocycles. The molecule has 0 radical (unpaired) electrons. The smallest absolute Gasteiger partial charge is 0.350 e. The van der Waals surface area contributed by atoms with Gasteiger partial charge in [0.05, 0.1) is 0 Å². The molecule has 2 rings (SSSR count). The van der Waals surface area contributed by atoms with E-state index in [-0.39, 0.29) is 12.4 Å². The fraction of sp³-hybridized carbons (Fsp3) is 0.200. The summed E-state index contributed by atoms with van der Waals surface area (Å²) in [5, 5.41) is 0.575. The first-order chi connectivity index (χ1) is 11.8. The Morgan fingerprint density at radius 2 is 1.56 bits per heavy atom. The van der Waals surface area contributed by atoms with Crippen LogP contribution in [0.5, 0.6) is 5.75 Å². The molecule has 0 atom stereocenters. The van der Waals surface area contributed by atoms with E-state index in [9.17, 15) is 9.59 Å². The maximum absolute atomic E-state index is 12.4. The maximum Gasteiger partial charge on any atom is 0.350 e. The first-order valence-corrected chi connectivity index (χ1v) is 8.09. The predicted octanol–water partition coefficient (Wildman–Crippen LogP) is 4.46. The van der Waals surface area contributed by atoms with Crippen LogP contribution in [0.25, 0.3) is 0 Å². The van der Waals surface area contributed by atoms with Gasteiger partial charge in [0.25, 0.3) is 0 Å². The van der Waals surface area contributed by atoms with Crippen molar-refractivity contribution in [3.8, 4) is 5.75 Å². The van der Waals surface area contributed by atoms with Crippen LogP contribution in [0.15, 0.2) is 61.2 Å². The number of carbonyl (C=O) groups excluding carboxylic acids is 2. The van der Waals surface area contributed by atoms with Crippen LogP contribution in [-0.4, -0.2) is 24.0 Å². The Morgan fingerprint density at radius 3 is 2.08 bits per heavy atom. The van der Waals surface area contributed by atoms with Gasteiger partial charge in [-0.25, -0.2) is 4.79 Å². The highest BCUT2D eigenvalue weighted by Crippen LogP contribution is 2.22. The summed E-state index contributed by atoms with van der Waals surface area (Å²) in [5.41, 5.74) is -0.0850. The lowest BCUT2D eigenvalue weighted by Crippen LogP contribution is -2.39. The van der Waals surface area contributed by atoms with Gasteiger partial charge in [-0.1, -0.05) is 24.3 Å². The Morgan fingerprint density at radius 1 is 1.04 bits per heavy atom. The van der Waals surface area contributed by atoms with Gasteiger partial charge in [-0.3, -0.25) is 4.79 Å². The van der Waals surface area contributed by atoms with Crippen molar-refractivity contribution in [2.75, 3.05) is 6.61 Å². The molecule has 0 saturated heterocycles. The summed E-state index contributed by atoms with van der Waals surface area (Å²) in [6, 6.07) is 13.3. The average molecular weight is 359 g/mol. The molecule has 0 aliphatic rings. The fourth-order valence-corrected chi connectivity index (χ4v) is 2.21. The van der Waals surface area contributed by atoms with Crippen LogP contribution in [-0.2, 0) is 9.53 Å². The maximum atomic E-state index is 12.4. The molecule has 0 aliphatic heterocycles. The molecule has 0 aromatic heterocycles. The van der Waals surface area contributed by atoms with Gasteiger partial charge in [-0.15, -0.1) is 0 Å². The minimum atomic E-state index is -1.15. The van der Waals surface area contributed by atoms with Crippen LogP contribution in [0.2, 0.25) is 5.02 Å². The molecule has 2 aromatic rings. The average Bonchev–Trinajstić information content (AvgIpc) is 2.60. The van der Waals surface area contributed by atoms with Crippen LogP contribution in [0, 0.1) is 0 Å². The first-order valence-electron chi connectivity index (χ1n) is 7.71. The molecule has 130 valence electrons. The Balaban J connectivity index is 2.09. The van der Waals surface area contributed by atoms with Crippen LogP contribution >= 0.6 is 11.6 Å². The van der Waals surface area contributed by atoms with Gasteiger partial charge in [0.2, 0.25) is 0 Å². The highest BCUT2D eigenvalue weighted by molar-refractivity contribution is 6.30. The highest BCUT2D eigenvalue weighted by atomic mass is 35.5. The third-order valence-electron chi connectivity index (χ3n) is 3.42. The predicted molar refractivity (Wildman–Crippen MR) is 97.2 cm³/mol. The van der Waals surface area contributed by atoms with Crippen LogP contribution in [0.1, 0.15) is 29.8 Å². The van der Waals surface area contributed by atoms with Crippen molar-refractivity contribution < 1.29 is 19.1 Å². The molecule has 0 amide bonds. The first kappa shape index (κ1) is 18.7. The molecule has 0 heterocycles. The van der Waals surface area contributed by atoms with Crippen molar-refractivity contribution in [1.29, 1.82) is 0 Å². The summed E-state index contributed by atoms with van der Waals surface area (Å²) < 4.78 is 10.7. The van der Waals surface area contributed by atoms with E-state index < -0.39 is 11.6 Å². The van der Waals surface area contributed by atoms with Gasteiger partial charge in [-0.05, 0) is 62.4 Å². The van der Waals surface area contributed by atoms with Crippen molar-refractivity contribution in [2.24, 2.45) is 0 Å². The number of esters is 1. The molecular formula is C20H19ClO4. The number of carbonyl (C=O) groups is 2. The number of halogens is 1. The minimum Gasteiger partial charge on any atom is -0.476 e. The van der Waals surface area contributed by atoms with Gasteiger partial charge < -0.3 is 9.47 Å². The second-order valence-corrected chi connectivity index (χ2v) is 6.30. The van der Waals surface area contributed by atoms with E-state index in [0.717, 1.165) is 0 Å². The van der Waals surface area contributed by atoms with Crippen LogP contribution < -0.4 is 4.74 Å². The molecule has 0 aliphatic carbocycles. The normalized spacial score (nSPS) is 10.8. The number of hydrogen-bond donors (Lipinski definition) is 0. The lowest BCUT2D eigenvalue weighted by atomic mass is 10.0. The summed E-state index contributed by atoms with van der Waals surface area (Å²) in [6.07, 6.45) is 1.49. The molecule has 4 nitrogen and oxygen atoms in total. The zero-order chi connectivity index (χ0) is 18.4. The minimum absolute atomic E-state index is 0.118. The third kappa shape index (κ3) is 4.94. The molecule has 25 heavy (non-hydrogen) atoms.